The molecule has 1 aliphatic rings. The van der Waals surface area contributed by atoms with Crippen LogP contribution >= 0.6 is 0 Å². The van der Waals surface area contributed by atoms with E-state index < -0.39 is 0 Å². The molecule has 3 heterocycles. The van der Waals surface area contributed by atoms with Crippen LogP contribution in [0.4, 0.5) is 0 Å². The van der Waals surface area contributed by atoms with Crippen molar-refractivity contribution in [3.63, 3.8) is 0 Å². The molecule has 1 aromatic carbocycles. The van der Waals surface area contributed by atoms with Crippen LogP contribution in [0.25, 0.3) is 0 Å². The number of hydrogen-bond donors (Lipinski definition) is 1. The molecule has 0 bridgehead atoms. The maximum absolute atomic E-state index is 13.0. The number of nitrogens with one attached hydrogen (secondary N) is 1. The quantitative estimate of drug-likeness (QED) is 0.653. The molecule has 0 unspecified atom stereocenters. The summed E-state index contributed by atoms with van der Waals surface area (Å²) in [5, 5.41) is 3.08. The predicted molar refractivity (Wildman–Crippen MR) is 117 cm³/mol. The minimum absolute atomic E-state index is 0.0418. The lowest BCUT2D eigenvalue weighted by Gasteiger charge is -2.32. The molecule has 30 heavy (non-hydrogen) atoms. The normalized spacial score (nSPS) is 15.3. The number of hydrogen-bond acceptors (Lipinski definition) is 4. The highest BCUT2D eigenvalue weighted by molar-refractivity contribution is 5.95. The average molecular weight is 404 g/mol. The second kappa shape index (κ2) is 9.26. The molecule has 0 saturated carbocycles. The Bertz CT molecular complexity index is 989. The second-order valence-corrected chi connectivity index (χ2v) is 8.24. The van der Waals surface area contributed by atoms with Crippen molar-refractivity contribution in [2.45, 2.75) is 45.7 Å². The molecule has 0 radical (unpaired) electrons. The van der Waals surface area contributed by atoms with Crippen molar-refractivity contribution < 1.29 is 9.21 Å². The standard InChI is InChI=1S/C25H29N3O2/c1-18-4-3-5-20(14-18)15-26-25(29)23-7-6-19(2)27-24(23)22-8-11-28(12-9-22)16-21-10-13-30-17-21/h3-7,10,13-14,17,22H,8-9,11-12,15-16H2,1-2H3,(H,26,29). The topological polar surface area (TPSA) is 58.4 Å². The lowest BCUT2D eigenvalue weighted by Crippen LogP contribution is -2.33. The van der Waals surface area contributed by atoms with E-state index in [9.17, 15) is 4.79 Å². The summed E-state index contributed by atoms with van der Waals surface area (Å²) in [4.78, 5) is 20.2. The van der Waals surface area contributed by atoms with Gasteiger partial charge in [-0.1, -0.05) is 29.8 Å². The number of pyridine rings is 1. The molecule has 5 heteroatoms. The van der Waals surface area contributed by atoms with E-state index in [1.807, 2.05) is 43.5 Å². The lowest BCUT2D eigenvalue weighted by atomic mass is 9.89. The van der Waals surface area contributed by atoms with Gasteiger partial charge in [0, 0.05) is 30.3 Å². The molecule has 1 fully saturated rings. The van der Waals surface area contributed by atoms with Crippen LogP contribution < -0.4 is 5.32 Å². The summed E-state index contributed by atoms with van der Waals surface area (Å²) in [5.74, 6) is 0.269. The number of furan rings is 1. The van der Waals surface area contributed by atoms with Gasteiger partial charge in [-0.3, -0.25) is 14.7 Å². The number of amides is 1. The monoisotopic (exact) mass is 403 g/mol. The van der Waals surface area contributed by atoms with Gasteiger partial charge in [0.15, 0.2) is 0 Å². The molecular weight excluding hydrogens is 374 g/mol. The summed E-state index contributed by atoms with van der Waals surface area (Å²) in [6.07, 6.45) is 5.55. The van der Waals surface area contributed by atoms with Gasteiger partial charge in [0.2, 0.25) is 0 Å². The first kappa shape index (κ1) is 20.4. The number of aromatic nitrogens is 1. The van der Waals surface area contributed by atoms with Crippen molar-refractivity contribution in [1.82, 2.24) is 15.2 Å². The predicted octanol–water partition coefficient (Wildman–Crippen LogP) is 4.60. The van der Waals surface area contributed by atoms with Gasteiger partial charge in [-0.05, 0) is 63.5 Å². The number of likely N-dealkylation sites (tertiary alicyclic amines) is 1. The molecule has 0 aliphatic carbocycles. The molecule has 5 nitrogen and oxygen atoms in total. The number of benzene rings is 1. The lowest BCUT2D eigenvalue weighted by molar-refractivity contribution is 0.0948. The number of carbonyl (C=O) groups is 1. The fourth-order valence-electron chi connectivity index (χ4n) is 4.19. The van der Waals surface area contributed by atoms with Crippen LogP contribution in [-0.4, -0.2) is 28.9 Å². The number of aryl methyl sites for hydroxylation is 2. The van der Waals surface area contributed by atoms with E-state index in [1.54, 1.807) is 6.26 Å². The smallest absolute Gasteiger partial charge is 0.253 e. The molecule has 0 atom stereocenters. The van der Waals surface area contributed by atoms with Crippen molar-refractivity contribution in [3.8, 4) is 0 Å². The van der Waals surface area contributed by atoms with Crippen LogP contribution in [-0.2, 0) is 13.1 Å². The van der Waals surface area contributed by atoms with Gasteiger partial charge in [-0.15, -0.1) is 0 Å². The highest BCUT2D eigenvalue weighted by atomic mass is 16.3. The fraction of sp³-hybridized carbons (Fsp3) is 0.360. The summed E-state index contributed by atoms with van der Waals surface area (Å²) < 4.78 is 5.18. The first-order valence-corrected chi connectivity index (χ1v) is 10.6. The van der Waals surface area contributed by atoms with E-state index in [1.165, 1.54) is 11.1 Å². The highest BCUT2D eigenvalue weighted by Gasteiger charge is 2.26. The van der Waals surface area contributed by atoms with E-state index in [4.69, 9.17) is 9.40 Å². The van der Waals surface area contributed by atoms with Crippen molar-refractivity contribution in [3.05, 3.63) is 88.6 Å². The molecule has 156 valence electrons. The molecule has 2 aromatic heterocycles. The highest BCUT2D eigenvalue weighted by Crippen LogP contribution is 2.30. The Labute approximate surface area is 178 Å². The number of nitrogens with zero attached hydrogens (tertiary/aromatic N) is 2. The van der Waals surface area contributed by atoms with Crippen LogP contribution in [0.3, 0.4) is 0 Å². The van der Waals surface area contributed by atoms with Crippen LogP contribution in [0.5, 0.6) is 0 Å². The Hall–Kier alpha value is -2.92. The zero-order chi connectivity index (χ0) is 20.9. The van der Waals surface area contributed by atoms with E-state index in [2.05, 4.69) is 29.3 Å². The van der Waals surface area contributed by atoms with Crippen molar-refractivity contribution >= 4 is 5.91 Å². The van der Waals surface area contributed by atoms with Crippen molar-refractivity contribution in [2.75, 3.05) is 13.1 Å². The second-order valence-electron chi connectivity index (χ2n) is 8.24. The first-order chi connectivity index (χ1) is 14.6. The molecule has 1 amide bonds. The summed E-state index contributed by atoms with van der Waals surface area (Å²) in [6, 6.07) is 14.1. The third kappa shape index (κ3) is 4.97. The molecule has 0 spiro atoms. The van der Waals surface area contributed by atoms with Gasteiger partial charge in [0.25, 0.3) is 5.91 Å². The van der Waals surface area contributed by atoms with Gasteiger partial charge in [-0.25, -0.2) is 0 Å². The van der Waals surface area contributed by atoms with Crippen LogP contribution in [0.1, 0.15) is 57.2 Å². The fourth-order valence-corrected chi connectivity index (χ4v) is 4.19. The minimum atomic E-state index is -0.0418. The van der Waals surface area contributed by atoms with E-state index >= 15 is 0 Å². The van der Waals surface area contributed by atoms with Gasteiger partial charge in [0.1, 0.15) is 0 Å². The van der Waals surface area contributed by atoms with Crippen LogP contribution in [0.15, 0.2) is 59.4 Å². The molecule has 3 aromatic rings. The maximum Gasteiger partial charge on any atom is 0.253 e. The Morgan fingerprint density at radius 1 is 1.13 bits per heavy atom. The molecule has 1 saturated heterocycles. The summed E-state index contributed by atoms with van der Waals surface area (Å²) in [5.41, 5.74) is 6.12. The first-order valence-electron chi connectivity index (χ1n) is 10.6. The van der Waals surface area contributed by atoms with Gasteiger partial charge >= 0.3 is 0 Å². The van der Waals surface area contributed by atoms with E-state index in [0.717, 1.165) is 49.4 Å². The Balaban J connectivity index is 1.42. The molecular formula is C25H29N3O2. The van der Waals surface area contributed by atoms with E-state index in [-0.39, 0.29) is 5.91 Å². The average Bonchev–Trinajstić information content (AvgIpc) is 3.26. The summed E-state index contributed by atoms with van der Waals surface area (Å²) in [7, 11) is 0. The third-order valence-corrected chi connectivity index (χ3v) is 5.80. The number of rotatable bonds is 6. The SMILES string of the molecule is Cc1cccc(CNC(=O)c2ccc(C)nc2C2CCN(Cc3ccoc3)CC2)c1. The van der Waals surface area contributed by atoms with Crippen LogP contribution in [0.2, 0.25) is 0 Å². The molecule has 1 N–H and O–H groups in total. The number of carbonyl (C=O) groups excluding carboxylic acids is 1. The van der Waals surface area contributed by atoms with Crippen molar-refractivity contribution in [1.29, 1.82) is 0 Å². The Morgan fingerprint density at radius 3 is 2.70 bits per heavy atom. The summed E-state index contributed by atoms with van der Waals surface area (Å²) >= 11 is 0. The third-order valence-electron chi connectivity index (χ3n) is 5.80. The largest absolute Gasteiger partial charge is 0.472 e. The minimum Gasteiger partial charge on any atom is -0.472 e. The Morgan fingerprint density at radius 2 is 1.97 bits per heavy atom. The zero-order valence-corrected chi connectivity index (χ0v) is 17.7. The molecule has 4 rings (SSSR count). The maximum atomic E-state index is 13.0. The summed E-state index contributed by atoms with van der Waals surface area (Å²) in [6.45, 7) is 7.48. The van der Waals surface area contributed by atoms with Gasteiger partial charge in [0.05, 0.1) is 23.8 Å². The van der Waals surface area contributed by atoms with Crippen LogP contribution in [0, 0.1) is 13.8 Å². The van der Waals surface area contributed by atoms with Gasteiger partial charge < -0.3 is 9.73 Å². The number of piperidine rings is 1. The molecule has 1 aliphatic heterocycles. The zero-order valence-electron chi connectivity index (χ0n) is 17.7. The van der Waals surface area contributed by atoms with Crippen molar-refractivity contribution in [2.24, 2.45) is 0 Å². The van der Waals surface area contributed by atoms with Gasteiger partial charge in [-0.2, -0.15) is 0 Å². The Kier molecular flexibility index (Phi) is 6.29. The van der Waals surface area contributed by atoms with E-state index in [0.29, 0.717) is 18.0 Å².